The van der Waals surface area contributed by atoms with Crippen LogP contribution in [0.4, 0.5) is 0 Å². The van der Waals surface area contributed by atoms with Crippen molar-refractivity contribution in [2.24, 2.45) is 0 Å². The van der Waals surface area contributed by atoms with Crippen LogP contribution in [0.25, 0.3) is 0 Å². The Labute approximate surface area is 90.9 Å². The lowest BCUT2D eigenvalue weighted by Gasteiger charge is -2.24. The average molecular weight is 208 g/mol. The molecule has 0 aromatic heterocycles. The zero-order valence-electron chi connectivity index (χ0n) is 8.71. The van der Waals surface area contributed by atoms with Gasteiger partial charge in [0.25, 0.3) is 0 Å². The van der Waals surface area contributed by atoms with Crippen molar-refractivity contribution in [3.8, 4) is 0 Å². The van der Waals surface area contributed by atoms with Crippen LogP contribution in [0.5, 0.6) is 0 Å². The second-order valence-electron chi connectivity index (χ2n) is 4.18. The highest BCUT2D eigenvalue weighted by Gasteiger charge is 2.27. The molecule has 1 aromatic carbocycles. The largest absolute Gasteiger partial charge is 0.377 e. The minimum atomic E-state index is -0.0438. The molecule has 1 aliphatic rings. The van der Waals surface area contributed by atoms with Gasteiger partial charge in [-0.2, -0.15) is 12.6 Å². The van der Waals surface area contributed by atoms with Crippen molar-refractivity contribution in [1.82, 2.24) is 0 Å². The number of hydrogen-bond donors (Lipinski definition) is 1. The first kappa shape index (κ1) is 10.1. The third-order valence-electron chi connectivity index (χ3n) is 2.97. The van der Waals surface area contributed by atoms with E-state index in [9.17, 15) is 0 Å². The second-order valence-corrected chi connectivity index (χ2v) is 5.16. The van der Waals surface area contributed by atoms with Gasteiger partial charge in [0.2, 0.25) is 0 Å². The maximum Gasteiger partial charge on any atom is 0.0722 e. The fourth-order valence-corrected chi connectivity index (χ4v) is 2.28. The molecular weight excluding hydrogens is 192 g/mol. The molecule has 0 saturated heterocycles. The summed E-state index contributed by atoms with van der Waals surface area (Å²) in [5.41, 5.74) is 3.96. The van der Waals surface area contributed by atoms with Crippen LogP contribution in [0, 0.1) is 6.92 Å². The molecule has 0 aliphatic carbocycles. The Hall–Kier alpha value is -0.470. The van der Waals surface area contributed by atoms with Crippen molar-refractivity contribution >= 4 is 12.6 Å². The van der Waals surface area contributed by atoms with Gasteiger partial charge >= 0.3 is 0 Å². The molecule has 0 N–H and O–H groups in total. The maximum atomic E-state index is 5.59. The van der Waals surface area contributed by atoms with Gasteiger partial charge in [-0.25, -0.2) is 0 Å². The molecule has 0 fully saturated rings. The van der Waals surface area contributed by atoms with Gasteiger partial charge in [0.05, 0.1) is 6.61 Å². The number of rotatable bonds is 0. The highest BCUT2D eigenvalue weighted by atomic mass is 32.1. The Balaban J connectivity index is 2.56. The van der Waals surface area contributed by atoms with Crippen molar-refractivity contribution in [2.45, 2.75) is 31.6 Å². The van der Waals surface area contributed by atoms with Crippen molar-refractivity contribution in [3.63, 3.8) is 0 Å². The van der Waals surface area contributed by atoms with Crippen LogP contribution in [-0.4, -0.2) is 6.61 Å². The van der Waals surface area contributed by atoms with Crippen molar-refractivity contribution in [3.05, 3.63) is 34.9 Å². The molecule has 0 amide bonds. The fourth-order valence-electron chi connectivity index (χ4n) is 1.98. The number of benzene rings is 1. The number of ether oxygens (including phenoxy) is 1. The standard InChI is InChI=1S/C12H16OS/c1-9-4-3-5-11-10(9)8-13-7-6-12(11,2)14/h3-5,14H,6-8H2,1-2H3. The lowest BCUT2D eigenvalue weighted by atomic mass is 9.91. The summed E-state index contributed by atoms with van der Waals surface area (Å²) in [6.45, 7) is 5.84. The molecule has 2 heteroatoms. The van der Waals surface area contributed by atoms with Crippen LogP contribution < -0.4 is 0 Å². The predicted molar refractivity (Wildman–Crippen MR) is 61.8 cm³/mol. The van der Waals surface area contributed by atoms with Crippen LogP contribution in [0.15, 0.2) is 18.2 Å². The maximum absolute atomic E-state index is 5.59. The van der Waals surface area contributed by atoms with E-state index in [-0.39, 0.29) is 4.75 Å². The van der Waals surface area contributed by atoms with E-state index < -0.39 is 0 Å². The van der Waals surface area contributed by atoms with Gasteiger partial charge in [0.15, 0.2) is 0 Å². The monoisotopic (exact) mass is 208 g/mol. The molecule has 1 unspecified atom stereocenters. The van der Waals surface area contributed by atoms with E-state index in [2.05, 4.69) is 32.0 Å². The van der Waals surface area contributed by atoms with Gasteiger partial charge in [-0.15, -0.1) is 0 Å². The summed E-state index contributed by atoms with van der Waals surface area (Å²) < 4.78 is 5.54. The van der Waals surface area contributed by atoms with Crippen molar-refractivity contribution in [2.75, 3.05) is 6.61 Å². The third kappa shape index (κ3) is 1.69. The van der Waals surface area contributed by atoms with Gasteiger partial charge in [-0.05, 0) is 37.0 Å². The molecule has 0 bridgehead atoms. The molecule has 76 valence electrons. The summed E-state index contributed by atoms with van der Waals surface area (Å²) in [6, 6.07) is 6.41. The van der Waals surface area contributed by atoms with Crippen LogP contribution in [0.2, 0.25) is 0 Å². The van der Waals surface area contributed by atoms with E-state index in [0.29, 0.717) is 0 Å². The molecular formula is C12H16OS. The minimum Gasteiger partial charge on any atom is -0.377 e. The SMILES string of the molecule is Cc1cccc2c1COCCC2(C)S. The Bertz CT molecular complexity index is 344. The lowest BCUT2D eigenvalue weighted by molar-refractivity contribution is 0.120. The quantitative estimate of drug-likeness (QED) is 0.645. The summed E-state index contributed by atoms with van der Waals surface area (Å²) in [5, 5.41) is 0. The molecule has 2 rings (SSSR count). The molecule has 0 radical (unpaired) electrons. The van der Waals surface area contributed by atoms with Crippen LogP contribution in [0.1, 0.15) is 30.0 Å². The number of thiol groups is 1. The van der Waals surface area contributed by atoms with Crippen LogP contribution in [-0.2, 0) is 16.1 Å². The van der Waals surface area contributed by atoms with E-state index in [0.717, 1.165) is 19.6 Å². The average Bonchev–Trinajstić information content (AvgIpc) is 2.27. The minimum absolute atomic E-state index is 0.0438. The summed E-state index contributed by atoms with van der Waals surface area (Å²) >= 11 is 4.73. The molecule has 14 heavy (non-hydrogen) atoms. The lowest BCUT2D eigenvalue weighted by Crippen LogP contribution is -2.15. The number of fused-ring (bicyclic) bond motifs is 1. The van der Waals surface area contributed by atoms with Crippen molar-refractivity contribution < 1.29 is 4.74 Å². The molecule has 1 aromatic rings. The smallest absolute Gasteiger partial charge is 0.0722 e. The molecule has 0 saturated carbocycles. The van der Waals surface area contributed by atoms with Gasteiger partial charge in [-0.1, -0.05) is 18.2 Å². The molecule has 1 nitrogen and oxygen atoms in total. The fraction of sp³-hybridized carbons (Fsp3) is 0.500. The summed E-state index contributed by atoms with van der Waals surface area (Å²) in [6.07, 6.45) is 0.979. The van der Waals surface area contributed by atoms with Gasteiger partial charge in [-0.3, -0.25) is 0 Å². The summed E-state index contributed by atoms with van der Waals surface area (Å²) in [7, 11) is 0. The molecule has 1 atom stereocenters. The van der Waals surface area contributed by atoms with Gasteiger partial charge in [0, 0.05) is 11.4 Å². The number of aryl methyl sites for hydroxylation is 1. The predicted octanol–water partition coefficient (Wildman–Crippen LogP) is 3.06. The van der Waals surface area contributed by atoms with Crippen LogP contribution >= 0.6 is 12.6 Å². The zero-order valence-corrected chi connectivity index (χ0v) is 9.60. The first-order valence-corrected chi connectivity index (χ1v) is 5.45. The highest BCUT2D eigenvalue weighted by Crippen LogP contribution is 2.37. The normalized spacial score (nSPS) is 26.8. The Morgan fingerprint density at radius 2 is 2.21 bits per heavy atom. The van der Waals surface area contributed by atoms with E-state index >= 15 is 0 Å². The first-order valence-electron chi connectivity index (χ1n) is 5.00. The number of hydrogen-bond acceptors (Lipinski definition) is 2. The Morgan fingerprint density at radius 1 is 1.43 bits per heavy atom. The van der Waals surface area contributed by atoms with E-state index in [1.165, 1.54) is 16.7 Å². The topological polar surface area (TPSA) is 9.23 Å². The van der Waals surface area contributed by atoms with Gasteiger partial charge in [0.1, 0.15) is 0 Å². The van der Waals surface area contributed by atoms with Crippen molar-refractivity contribution in [1.29, 1.82) is 0 Å². The molecule has 1 heterocycles. The first-order chi connectivity index (χ1) is 6.61. The highest BCUT2D eigenvalue weighted by molar-refractivity contribution is 7.81. The molecule has 1 aliphatic heterocycles. The van der Waals surface area contributed by atoms with Gasteiger partial charge < -0.3 is 4.74 Å². The zero-order chi connectivity index (χ0) is 10.2. The Kier molecular flexibility index (Phi) is 2.58. The van der Waals surface area contributed by atoms with E-state index in [4.69, 9.17) is 17.4 Å². The van der Waals surface area contributed by atoms with E-state index in [1.54, 1.807) is 0 Å². The third-order valence-corrected chi connectivity index (χ3v) is 3.43. The molecule has 0 spiro atoms. The summed E-state index contributed by atoms with van der Waals surface area (Å²) in [4.78, 5) is 0. The summed E-state index contributed by atoms with van der Waals surface area (Å²) in [5.74, 6) is 0. The Morgan fingerprint density at radius 3 is 3.00 bits per heavy atom. The van der Waals surface area contributed by atoms with Crippen LogP contribution in [0.3, 0.4) is 0 Å². The second kappa shape index (κ2) is 3.59. The van der Waals surface area contributed by atoms with E-state index in [1.807, 2.05) is 0 Å².